The maximum Gasteiger partial charge on any atom is 0.314 e. The van der Waals surface area contributed by atoms with Crippen molar-refractivity contribution in [2.24, 2.45) is 5.41 Å². The molecule has 3 N–H and O–H groups in total. The molecule has 0 fully saturated rings. The summed E-state index contributed by atoms with van der Waals surface area (Å²) < 4.78 is 5.02. The number of urea groups is 1. The smallest absolute Gasteiger partial charge is 0.314 e. The lowest BCUT2D eigenvalue weighted by molar-refractivity contribution is -0.137. The molecule has 2 amide bonds. The highest BCUT2D eigenvalue weighted by atomic mass is 16.5. The molecule has 1 atom stereocenters. The first-order chi connectivity index (χ1) is 8.76. The minimum atomic E-state index is -0.785. The largest absolute Gasteiger partial charge is 0.481 e. The molecule has 6 nitrogen and oxygen atoms in total. The van der Waals surface area contributed by atoms with Crippen molar-refractivity contribution >= 4 is 12.0 Å². The Balaban J connectivity index is 3.76. The quantitative estimate of drug-likeness (QED) is 0.596. The Morgan fingerprint density at radius 3 is 2.42 bits per heavy atom. The summed E-state index contributed by atoms with van der Waals surface area (Å²) in [5.41, 5.74) is -0.0918. The van der Waals surface area contributed by atoms with Gasteiger partial charge in [0.05, 0.1) is 6.10 Å². The maximum absolute atomic E-state index is 11.4. The van der Waals surface area contributed by atoms with Gasteiger partial charge in [0.15, 0.2) is 0 Å². The van der Waals surface area contributed by atoms with Gasteiger partial charge in [-0.25, -0.2) is 4.79 Å². The molecule has 1 unspecified atom stereocenters. The fourth-order valence-electron chi connectivity index (χ4n) is 1.47. The highest BCUT2D eigenvalue weighted by Crippen LogP contribution is 2.25. The summed E-state index contributed by atoms with van der Waals surface area (Å²) in [6, 6.07) is -0.224. The number of carbonyl (C=O) groups is 2. The molecule has 0 heterocycles. The van der Waals surface area contributed by atoms with Gasteiger partial charge in [0.25, 0.3) is 0 Å². The highest BCUT2D eigenvalue weighted by Gasteiger charge is 2.19. The molecule has 0 spiro atoms. The van der Waals surface area contributed by atoms with Crippen molar-refractivity contribution in [3.63, 3.8) is 0 Å². The lowest BCUT2D eigenvalue weighted by Gasteiger charge is -2.23. The second-order valence-electron chi connectivity index (χ2n) is 5.49. The Kier molecular flexibility index (Phi) is 8.14. The minimum absolute atomic E-state index is 0.0160. The summed E-state index contributed by atoms with van der Waals surface area (Å²) in [6.07, 6.45) is 1.49. The lowest BCUT2D eigenvalue weighted by Crippen LogP contribution is -2.40. The SMILES string of the molecule is COC(C)CNC(=O)NCCC(C)(C)CCC(=O)O. The zero-order valence-electron chi connectivity index (χ0n) is 12.3. The number of aliphatic carboxylic acids is 1. The van der Waals surface area contributed by atoms with Crippen LogP contribution >= 0.6 is 0 Å². The summed E-state index contributed by atoms with van der Waals surface area (Å²) in [5, 5.41) is 14.1. The molecular weight excluding hydrogens is 248 g/mol. The Labute approximate surface area is 114 Å². The van der Waals surface area contributed by atoms with E-state index in [1.165, 1.54) is 0 Å². The molecule has 0 aliphatic carbocycles. The van der Waals surface area contributed by atoms with Crippen LogP contribution in [0.15, 0.2) is 0 Å². The van der Waals surface area contributed by atoms with E-state index in [-0.39, 0.29) is 24.0 Å². The molecule has 0 bridgehead atoms. The standard InChI is InChI=1S/C13H26N2O4/c1-10(19-4)9-15-12(18)14-8-7-13(2,3)6-5-11(16)17/h10H,5-9H2,1-4H3,(H,16,17)(H2,14,15,18). The van der Waals surface area contributed by atoms with Crippen LogP contribution in [0, 0.1) is 5.41 Å². The molecule has 0 saturated heterocycles. The number of amides is 2. The summed E-state index contributed by atoms with van der Waals surface area (Å²) in [7, 11) is 1.59. The van der Waals surface area contributed by atoms with Crippen LogP contribution in [0.3, 0.4) is 0 Å². The molecule has 0 aliphatic heterocycles. The Hall–Kier alpha value is -1.30. The minimum Gasteiger partial charge on any atom is -0.481 e. The first-order valence-corrected chi connectivity index (χ1v) is 6.53. The maximum atomic E-state index is 11.4. The lowest BCUT2D eigenvalue weighted by atomic mass is 9.84. The van der Waals surface area contributed by atoms with Crippen LogP contribution in [0.4, 0.5) is 4.79 Å². The molecule has 0 aromatic heterocycles. The van der Waals surface area contributed by atoms with Gasteiger partial charge in [-0.1, -0.05) is 13.8 Å². The number of hydrogen-bond donors (Lipinski definition) is 3. The van der Waals surface area contributed by atoms with Crippen LogP contribution in [0.1, 0.15) is 40.0 Å². The van der Waals surface area contributed by atoms with Crippen LogP contribution in [0.5, 0.6) is 0 Å². The van der Waals surface area contributed by atoms with Crippen molar-refractivity contribution in [2.45, 2.75) is 46.1 Å². The highest BCUT2D eigenvalue weighted by molar-refractivity contribution is 5.73. The topological polar surface area (TPSA) is 87.7 Å². The van der Waals surface area contributed by atoms with E-state index >= 15 is 0 Å². The van der Waals surface area contributed by atoms with E-state index in [0.29, 0.717) is 19.5 Å². The normalized spacial score (nSPS) is 12.8. The molecule has 112 valence electrons. The van der Waals surface area contributed by atoms with E-state index in [1.807, 2.05) is 20.8 Å². The fraction of sp³-hybridized carbons (Fsp3) is 0.846. The van der Waals surface area contributed by atoms with Gasteiger partial charge in [-0.05, 0) is 25.2 Å². The average Bonchev–Trinajstić information content (AvgIpc) is 2.33. The molecule has 19 heavy (non-hydrogen) atoms. The summed E-state index contributed by atoms with van der Waals surface area (Å²) in [6.45, 7) is 6.87. The van der Waals surface area contributed by atoms with Crippen LogP contribution in [-0.2, 0) is 9.53 Å². The van der Waals surface area contributed by atoms with E-state index in [0.717, 1.165) is 6.42 Å². The van der Waals surface area contributed by atoms with E-state index in [9.17, 15) is 9.59 Å². The molecule has 0 radical (unpaired) electrons. The van der Waals surface area contributed by atoms with E-state index in [4.69, 9.17) is 9.84 Å². The first kappa shape index (κ1) is 17.7. The van der Waals surface area contributed by atoms with Crippen molar-refractivity contribution in [2.75, 3.05) is 20.2 Å². The number of nitrogens with one attached hydrogen (secondary N) is 2. The Bertz CT molecular complexity index is 292. The third-order valence-electron chi connectivity index (χ3n) is 3.06. The number of rotatable bonds is 9. The number of carboxylic acids is 1. The van der Waals surface area contributed by atoms with Crippen molar-refractivity contribution in [3.8, 4) is 0 Å². The van der Waals surface area contributed by atoms with E-state index in [1.54, 1.807) is 7.11 Å². The first-order valence-electron chi connectivity index (χ1n) is 6.53. The molecule has 0 rings (SSSR count). The molecule has 0 aliphatic rings. The van der Waals surface area contributed by atoms with E-state index in [2.05, 4.69) is 10.6 Å². The molecule has 6 heteroatoms. The third kappa shape index (κ3) is 10.3. The van der Waals surface area contributed by atoms with E-state index < -0.39 is 5.97 Å². The monoisotopic (exact) mass is 274 g/mol. The van der Waals surface area contributed by atoms with Crippen molar-refractivity contribution in [3.05, 3.63) is 0 Å². The molecule has 0 aromatic carbocycles. The zero-order valence-corrected chi connectivity index (χ0v) is 12.3. The van der Waals surface area contributed by atoms with Gasteiger partial charge in [-0.2, -0.15) is 0 Å². The van der Waals surface area contributed by atoms with Gasteiger partial charge in [0.1, 0.15) is 0 Å². The van der Waals surface area contributed by atoms with Gasteiger partial charge in [-0.15, -0.1) is 0 Å². The van der Waals surface area contributed by atoms with Gasteiger partial charge < -0.3 is 20.5 Å². The molecule has 0 aromatic rings. The number of methoxy groups -OCH3 is 1. The number of hydrogen-bond acceptors (Lipinski definition) is 3. The number of ether oxygens (including phenoxy) is 1. The molecule has 0 saturated carbocycles. The Morgan fingerprint density at radius 2 is 1.89 bits per heavy atom. The van der Waals surface area contributed by atoms with Crippen LogP contribution < -0.4 is 10.6 Å². The predicted octanol–water partition coefficient (Wildman–Crippen LogP) is 1.60. The third-order valence-corrected chi connectivity index (χ3v) is 3.06. The summed E-state index contributed by atoms with van der Waals surface area (Å²) in [5.74, 6) is -0.785. The average molecular weight is 274 g/mol. The van der Waals surface area contributed by atoms with Crippen LogP contribution in [0.2, 0.25) is 0 Å². The second-order valence-corrected chi connectivity index (χ2v) is 5.49. The fourth-order valence-corrected chi connectivity index (χ4v) is 1.47. The van der Waals surface area contributed by atoms with Crippen LogP contribution in [-0.4, -0.2) is 43.4 Å². The van der Waals surface area contributed by atoms with Gasteiger partial charge in [-0.3, -0.25) is 4.79 Å². The van der Waals surface area contributed by atoms with Gasteiger partial charge >= 0.3 is 12.0 Å². The predicted molar refractivity (Wildman–Crippen MR) is 73.1 cm³/mol. The Morgan fingerprint density at radius 1 is 1.26 bits per heavy atom. The summed E-state index contributed by atoms with van der Waals surface area (Å²) >= 11 is 0. The van der Waals surface area contributed by atoms with Crippen molar-refractivity contribution in [1.29, 1.82) is 0 Å². The summed E-state index contributed by atoms with van der Waals surface area (Å²) in [4.78, 5) is 22.0. The second kappa shape index (κ2) is 8.74. The van der Waals surface area contributed by atoms with Gasteiger partial charge in [0, 0.05) is 26.6 Å². The number of carboxylic acid groups (broad SMARTS) is 1. The van der Waals surface area contributed by atoms with Crippen LogP contribution in [0.25, 0.3) is 0 Å². The zero-order chi connectivity index (χ0) is 14.9. The van der Waals surface area contributed by atoms with Gasteiger partial charge in [0.2, 0.25) is 0 Å². The van der Waals surface area contributed by atoms with Crippen molar-refractivity contribution < 1.29 is 19.4 Å². The molecular formula is C13H26N2O4. The number of carbonyl (C=O) groups excluding carboxylic acids is 1. The van der Waals surface area contributed by atoms with Crippen molar-refractivity contribution in [1.82, 2.24) is 10.6 Å².